The number of rotatable bonds is 2. The van der Waals surface area contributed by atoms with E-state index in [1.54, 1.807) is 23.1 Å². The molecule has 16 heavy (non-hydrogen) atoms. The van der Waals surface area contributed by atoms with Crippen LogP contribution in [-0.2, 0) is 7.05 Å². The molecule has 0 aliphatic rings. The molecule has 0 aliphatic heterocycles. The van der Waals surface area contributed by atoms with Crippen LogP contribution in [0.2, 0.25) is 0 Å². The van der Waals surface area contributed by atoms with Gasteiger partial charge in [0.15, 0.2) is 0 Å². The van der Waals surface area contributed by atoms with Crippen LogP contribution in [0.15, 0.2) is 24.5 Å². The van der Waals surface area contributed by atoms with Crippen LogP contribution in [0.1, 0.15) is 16.2 Å². The van der Waals surface area contributed by atoms with Crippen molar-refractivity contribution in [2.45, 2.75) is 6.92 Å². The van der Waals surface area contributed by atoms with Gasteiger partial charge in [0.05, 0.1) is 6.20 Å². The smallest absolute Gasteiger partial charge is 0.354 e. The largest absolute Gasteiger partial charge is 0.477 e. The van der Waals surface area contributed by atoms with Crippen LogP contribution < -0.4 is 0 Å². The number of hydrogen-bond donors (Lipinski definition) is 1. The van der Waals surface area contributed by atoms with E-state index in [4.69, 9.17) is 5.11 Å². The first-order valence-corrected chi connectivity index (χ1v) is 4.78. The third kappa shape index (κ3) is 1.67. The Bertz CT molecular complexity index is 529. The predicted octanol–water partition coefficient (Wildman–Crippen LogP) is 1.49. The van der Waals surface area contributed by atoms with E-state index < -0.39 is 5.97 Å². The molecule has 0 fully saturated rings. The van der Waals surface area contributed by atoms with Crippen LogP contribution in [0.25, 0.3) is 11.1 Å². The zero-order valence-electron chi connectivity index (χ0n) is 9.01. The summed E-state index contributed by atoms with van der Waals surface area (Å²) < 4.78 is 1.76. The van der Waals surface area contributed by atoms with E-state index in [2.05, 4.69) is 10.1 Å². The molecular formula is C11H11N3O2. The Morgan fingerprint density at radius 2 is 2.12 bits per heavy atom. The maximum atomic E-state index is 10.6. The Hall–Kier alpha value is -2.17. The van der Waals surface area contributed by atoms with E-state index in [-0.39, 0.29) is 5.69 Å². The first-order chi connectivity index (χ1) is 7.59. The topological polar surface area (TPSA) is 68.0 Å². The SMILES string of the molecule is Cc1c(-c2ccc(C(=O)O)nc2)cnn1C. The average Bonchev–Trinajstić information content (AvgIpc) is 2.60. The lowest BCUT2D eigenvalue weighted by Gasteiger charge is -2.00. The molecular weight excluding hydrogens is 206 g/mol. The van der Waals surface area contributed by atoms with Crippen LogP contribution in [0.4, 0.5) is 0 Å². The molecule has 0 unspecified atom stereocenters. The van der Waals surface area contributed by atoms with Crippen molar-refractivity contribution in [1.82, 2.24) is 14.8 Å². The van der Waals surface area contributed by atoms with Gasteiger partial charge < -0.3 is 5.11 Å². The molecule has 2 aromatic rings. The molecule has 0 aromatic carbocycles. The Morgan fingerprint density at radius 3 is 2.56 bits per heavy atom. The van der Waals surface area contributed by atoms with Crippen molar-refractivity contribution in [3.8, 4) is 11.1 Å². The lowest BCUT2D eigenvalue weighted by Crippen LogP contribution is -1.99. The number of aromatic carboxylic acids is 1. The normalized spacial score (nSPS) is 10.4. The number of pyridine rings is 1. The molecule has 0 saturated heterocycles. The molecule has 0 saturated carbocycles. The highest BCUT2D eigenvalue weighted by Crippen LogP contribution is 2.21. The lowest BCUT2D eigenvalue weighted by molar-refractivity contribution is 0.0690. The Morgan fingerprint density at radius 1 is 1.38 bits per heavy atom. The number of aromatic nitrogens is 3. The van der Waals surface area contributed by atoms with Crippen LogP contribution >= 0.6 is 0 Å². The van der Waals surface area contributed by atoms with Crippen LogP contribution in [0.5, 0.6) is 0 Å². The van der Waals surface area contributed by atoms with Crippen molar-refractivity contribution in [3.63, 3.8) is 0 Å². The summed E-state index contributed by atoms with van der Waals surface area (Å²) in [4.78, 5) is 14.5. The molecule has 2 aromatic heterocycles. The molecule has 0 amide bonds. The molecule has 5 heteroatoms. The number of hydrogen-bond acceptors (Lipinski definition) is 3. The summed E-state index contributed by atoms with van der Waals surface area (Å²) in [6.07, 6.45) is 3.29. The Balaban J connectivity index is 2.42. The van der Waals surface area contributed by atoms with E-state index >= 15 is 0 Å². The zero-order valence-corrected chi connectivity index (χ0v) is 9.01. The number of carboxylic acids is 1. The summed E-state index contributed by atoms with van der Waals surface area (Å²) in [5.41, 5.74) is 2.90. The van der Waals surface area contributed by atoms with Crippen molar-refractivity contribution in [2.75, 3.05) is 0 Å². The van der Waals surface area contributed by atoms with Gasteiger partial charge in [-0.15, -0.1) is 0 Å². The average molecular weight is 217 g/mol. The predicted molar refractivity (Wildman–Crippen MR) is 58.1 cm³/mol. The number of carboxylic acid groups (broad SMARTS) is 1. The fourth-order valence-electron chi connectivity index (χ4n) is 1.46. The van der Waals surface area contributed by atoms with Gasteiger partial charge in [0.2, 0.25) is 0 Å². The summed E-state index contributed by atoms with van der Waals surface area (Å²) in [6, 6.07) is 3.23. The van der Waals surface area contributed by atoms with Gasteiger partial charge in [-0.2, -0.15) is 5.10 Å². The highest BCUT2D eigenvalue weighted by Gasteiger charge is 2.08. The fourth-order valence-corrected chi connectivity index (χ4v) is 1.46. The highest BCUT2D eigenvalue weighted by molar-refractivity contribution is 5.85. The first-order valence-electron chi connectivity index (χ1n) is 4.78. The number of nitrogens with zero attached hydrogens (tertiary/aromatic N) is 3. The lowest BCUT2D eigenvalue weighted by atomic mass is 10.1. The number of carbonyl (C=O) groups is 1. The van der Waals surface area contributed by atoms with Gasteiger partial charge in [-0.05, 0) is 13.0 Å². The molecule has 5 nitrogen and oxygen atoms in total. The molecule has 0 radical (unpaired) electrons. The third-order valence-electron chi connectivity index (χ3n) is 2.53. The van der Waals surface area contributed by atoms with Crippen LogP contribution in [0.3, 0.4) is 0 Å². The van der Waals surface area contributed by atoms with Crippen molar-refractivity contribution in [1.29, 1.82) is 0 Å². The number of aryl methyl sites for hydroxylation is 1. The van der Waals surface area contributed by atoms with Gasteiger partial charge in [-0.25, -0.2) is 9.78 Å². The molecule has 0 aliphatic carbocycles. The first kappa shape index (κ1) is 10.4. The summed E-state index contributed by atoms with van der Waals surface area (Å²) in [5, 5.41) is 12.8. The van der Waals surface area contributed by atoms with E-state index in [1.807, 2.05) is 14.0 Å². The minimum absolute atomic E-state index is 0.0466. The molecule has 82 valence electrons. The van der Waals surface area contributed by atoms with Gasteiger partial charge >= 0.3 is 5.97 Å². The quantitative estimate of drug-likeness (QED) is 0.827. The summed E-state index contributed by atoms with van der Waals surface area (Å²) in [5.74, 6) is -1.02. The third-order valence-corrected chi connectivity index (χ3v) is 2.53. The Kier molecular flexibility index (Phi) is 2.44. The molecule has 0 atom stereocenters. The van der Waals surface area contributed by atoms with Gasteiger partial charge in [-0.3, -0.25) is 4.68 Å². The monoisotopic (exact) mass is 217 g/mol. The second kappa shape index (κ2) is 3.77. The maximum Gasteiger partial charge on any atom is 0.354 e. The van der Waals surface area contributed by atoms with Gasteiger partial charge in [-0.1, -0.05) is 6.07 Å². The van der Waals surface area contributed by atoms with Gasteiger partial charge in [0.25, 0.3) is 0 Å². The highest BCUT2D eigenvalue weighted by atomic mass is 16.4. The Labute approximate surface area is 92.4 Å². The second-order valence-electron chi connectivity index (χ2n) is 3.50. The molecule has 1 N–H and O–H groups in total. The summed E-state index contributed by atoms with van der Waals surface area (Å²) in [7, 11) is 1.86. The fraction of sp³-hybridized carbons (Fsp3) is 0.182. The zero-order chi connectivity index (χ0) is 11.7. The van der Waals surface area contributed by atoms with E-state index in [1.165, 1.54) is 6.07 Å². The van der Waals surface area contributed by atoms with Crippen molar-refractivity contribution >= 4 is 5.97 Å². The maximum absolute atomic E-state index is 10.6. The minimum atomic E-state index is -1.02. The summed E-state index contributed by atoms with van der Waals surface area (Å²) >= 11 is 0. The van der Waals surface area contributed by atoms with Gasteiger partial charge in [0.1, 0.15) is 5.69 Å². The molecule has 0 bridgehead atoms. The van der Waals surface area contributed by atoms with Crippen molar-refractivity contribution in [2.24, 2.45) is 7.05 Å². The molecule has 0 spiro atoms. The molecule has 2 heterocycles. The standard InChI is InChI=1S/C11H11N3O2/c1-7-9(6-13-14(7)2)8-3-4-10(11(15)16)12-5-8/h3-6H,1-2H3,(H,15,16). The summed E-state index contributed by atoms with van der Waals surface area (Å²) in [6.45, 7) is 1.95. The van der Waals surface area contributed by atoms with E-state index in [0.29, 0.717) is 0 Å². The van der Waals surface area contributed by atoms with E-state index in [0.717, 1.165) is 16.8 Å². The van der Waals surface area contributed by atoms with Crippen LogP contribution in [0, 0.1) is 6.92 Å². The van der Waals surface area contributed by atoms with E-state index in [9.17, 15) is 4.79 Å². The van der Waals surface area contributed by atoms with Crippen molar-refractivity contribution < 1.29 is 9.90 Å². The molecule has 2 rings (SSSR count). The minimum Gasteiger partial charge on any atom is -0.477 e. The van der Waals surface area contributed by atoms with Crippen molar-refractivity contribution in [3.05, 3.63) is 35.9 Å². The second-order valence-corrected chi connectivity index (χ2v) is 3.50. The van der Waals surface area contributed by atoms with Crippen LogP contribution in [-0.4, -0.2) is 25.8 Å². The van der Waals surface area contributed by atoms with Gasteiger partial charge in [0, 0.05) is 30.1 Å².